The van der Waals surface area contributed by atoms with Gasteiger partial charge in [0, 0.05) is 63.7 Å². The van der Waals surface area contributed by atoms with Gasteiger partial charge in [0.05, 0.1) is 22.1 Å². The lowest BCUT2D eigenvalue weighted by molar-refractivity contribution is 1.19. The molecule has 7 aromatic carbocycles. The van der Waals surface area contributed by atoms with E-state index in [1.807, 2.05) is 33.9 Å². The number of para-hydroxylation sites is 3. The van der Waals surface area contributed by atoms with Crippen LogP contribution in [0.3, 0.4) is 0 Å². The second kappa shape index (κ2) is 9.06. The molecule has 0 amide bonds. The predicted octanol–water partition coefficient (Wildman–Crippen LogP) is 11.3. The molecule has 0 N–H and O–H groups in total. The number of benzene rings is 7. The Labute approximate surface area is 272 Å². The van der Waals surface area contributed by atoms with Crippen LogP contribution in [0.4, 0.5) is 0 Å². The number of rotatable bonds is 2. The standard InChI is InChI=1S/C43H24N2OS/c46-43-33-14-2-1-10-27(33)31-15-9-16-32-35-22-25(20-21-39(35)45(43)41(31)32)34-23-26(24-36-30-13-5-8-19-40(30)47-42(34)36)44-37-17-6-3-11-28(37)29-12-4-7-18-38(29)44/h1-24H. The summed E-state index contributed by atoms with van der Waals surface area (Å²) in [5.41, 5.74) is 7.85. The van der Waals surface area contributed by atoms with Gasteiger partial charge in [0.2, 0.25) is 0 Å². The average Bonchev–Trinajstić information content (AvgIpc) is 3.78. The Balaban J connectivity index is 1.27. The van der Waals surface area contributed by atoms with Crippen LogP contribution in [0.1, 0.15) is 0 Å². The van der Waals surface area contributed by atoms with E-state index in [1.165, 1.54) is 47.5 Å². The lowest BCUT2D eigenvalue weighted by Crippen LogP contribution is -2.12. The number of nitrogens with zero attached hydrogens (tertiary/aromatic N) is 2. The first kappa shape index (κ1) is 25.2. The predicted molar refractivity (Wildman–Crippen MR) is 200 cm³/mol. The van der Waals surface area contributed by atoms with Gasteiger partial charge in [-0.05, 0) is 59.5 Å². The minimum Gasteiger partial charge on any atom is -0.309 e. The third-order valence-electron chi connectivity index (χ3n) is 10.1. The van der Waals surface area contributed by atoms with E-state index < -0.39 is 0 Å². The molecule has 0 aliphatic heterocycles. The zero-order chi connectivity index (χ0) is 30.8. The molecule has 0 spiro atoms. The van der Waals surface area contributed by atoms with Crippen molar-refractivity contribution in [2.45, 2.75) is 0 Å². The maximum Gasteiger partial charge on any atom is 0.263 e. The molecule has 0 atom stereocenters. The highest BCUT2D eigenvalue weighted by Gasteiger charge is 2.20. The van der Waals surface area contributed by atoms with Crippen LogP contribution in [0.15, 0.2) is 150 Å². The summed E-state index contributed by atoms with van der Waals surface area (Å²) in [7, 11) is 0. The lowest BCUT2D eigenvalue weighted by Gasteiger charge is -2.12. The minimum absolute atomic E-state index is 0.0345. The maximum absolute atomic E-state index is 14.0. The van der Waals surface area contributed by atoms with E-state index in [2.05, 4.69) is 132 Å². The van der Waals surface area contributed by atoms with Crippen LogP contribution < -0.4 is 5.56 Å². The monoisotopic (exact) mass is 616 g/mol. The molecule has 11 aromatic rings. The number of aromatic nitrogens is 2. The fourth-order valence-corrected chi connectivity index (χ4v) is 9.27. The number of pyridine rings is 1. The molecule has 4 aromatic heterocycles. The first-order chi connectivity index (χ1) is 23.2. The smallest absolute Gasteiger partial charge is 0.263 e. The van der Waals surface area contributed by atoms with Crippen LogP contribution >= 0.6 is 11.3 Å². The number of thiophene rings is 1. The fourth-order valence-electron chi connectivity index (χ4n) is 8.05. The topological polar surface area (TPSA) is 26.4 Å². The number of fused-ring (bicyclic) bond motifs is 11. The average molecular weight is 617 g/mol. The van der Waals surface area contributed by atoms with Gasteiger partial charge in [0.1, 0.15) is 0 Å². The van der Waals surface area contributed by atoms with Crippen LogP contribution in [0.2, 0.25) is 0 Å². The van der Waals surface area contributed by atoms with Gasteiger partial charge in [-0.15, -0.1) is 11.3 Å². The molecule has 218 valence electrons. The van der Waals surface area contributed by atoms with Gasteiger partial charge in [-0.1, -0.05) is 97.1 Å². The minimum atomic E-state index is 0.0345. The molecule has 3 nitrogen and oxygen atoms in total. The van der Waals surface area contributed by atoms with Gasteiger partial charge in [-0.25, -0.2) is 0 Å². The van der Waals surface area contributed by atoms with Crippen molar-refractivity contribution in [3.05, 3.63) is 156 Å². The molecule has 47 heavy (non-hydrogen) atoms. The Hall–Kier alpha value is -5.97. The molecule has 0 bridgehead atoms. The molecule has 0 aliphatic rings. The van der Waals surface area contributed by atoms with E-state index in [0.717, 1.165) is 49.2 Å². The second-order valence-electron chi connectivity index (χ2n) is 12.5. The van der Waals surface area contributed by atoms with Crippen molar-refractivity contribution < 1.29 is 0 Å². The fraction of sp³-hybridized carbons (Fsp3) is 0. The van der Waals surface area contributed by atoms with Crippen LogP contribution in [0, 0.1) is 0 Å². The Bertz CT molecular complexity index is 3110. The van der Waals surface area contributed by atoms with Crippen LogP contribution in [-0.2, 0) is 0 Å². The highest BCUT2D eigenvalue weighted by atomic mass is 32.1. The zero-order valence-corrected chi connectivity index (χ0v) is 25.9. The van der Waals surface area contributed by atoms with Crippen LogP contribution in [0.5, 0.6) is 0 Å². The van der Waals surface area contributed by atoms with E-state index in [1.54, 1.807) is 0 Å². The van der Waals surface area contributed by atoms with Gasteiger partial charge >= 0.3 is 0 Å². The summed E-state index contributed by atoms with van der Waals surface area (Å²) in [6.45, 7) is 0. The zero-order valence-electron chi connectivity index (χ0n) is 25.1. The summed E-state index contributed by atoms with van der Waals surface area (Å²) >= 11 is 1.85. The Morgan fingerprint density at radius 1 is 0.447 bits per heavy atom. The van der Waals surface area contributed by atoms with Crippen LogP contribution in [-0.4, -0.2) is 8.97 Å². The van der Waals surface area contributed by atoms with Gasteiger partial charge in [0.15, 0.2) is 0 Å². The van der Waals surface area contributed by atoms with Crippen molar-refractivity contribution in [3.63, 3.8) is 0 Å². The van der Waals surface area contributed by atoms with Crippen molar-refractivity contribution in [1.82, 2.24) is 8.97 Å². The maximum atomic E-state index is 14.0. The van der Waals surface area contributed by atoms with E-state index in [9.17, 15) is 4.79 Å². The molecule has 0 unspecified atom stereocenters. The van der Waals surface area contributed by atoms with Crippen molar-refractivity contribution in [3.8, 4) is 16.8 Å². The summed E-state index contributed by atoms with van der Waals surface area (Å²) in [5, 5.41) is 10.1. The van der Waals surface area contributed by atoms with Gasteiger partial charge in [-0.3, -0.25) is 9.20 Å². The Morgan fingerprint density at radius 2 is 1.06 bits per heavy atom. The third kappa shape index (κ3) is 3.27. The highest BCUT2D eigenvalue weighted by Crippen LogP contribution is 2.44. The summed E-state index contributed by atoms with van der Waals surface area (Å²) in [6.07, 6.45) is 0. The largest absolute Gasteiger partial charge is 0.309 e. The van der Waals surface area contributed by atoms with Crippen LogP contribution in [0.25, 0.3) is 96.8 Å². The molecular weight excluding hydrogens is 593 g/mol. The highest BCUT2D eigenvalue weighted by molar-refractivity contribution is 7.26. The summed E-state index contributed by atoms with van der Waals surface area (Å²) in [6, 6.07) is 51.9. The first-order valence-corrected chi connectivity index (χ1v) is 16.7. The third-order valence-corrected chi connectivity index (χ3v) is 11.3. The molecular formula is C43H24N2OS. The molecule has 0 saturated heterocycles. The van der Waals surface area contributed by atoms with Crippen molar-refractivity contribution >= 4 is 91.3 Å². The normalized spacial score (nSPS) is 12.3. The van der Waals surface area contributed by atoms with Crippen molar-refractivity contribution in [2.75, 3.05) is 0 Å². The molecule has 4 heterocycles. The SMILES string of the molecule is O=c1c2ccccc2c2cccc3c4cc(-c5cc(-n6c7ccccc7c7ccccc76)cc6c5sc5ccccc56)ccc4n1c23. The van der Waals surface area contributed by atoms with Crippen molar-refractivity contribution in [1.29, 1.82) is 0 Å². The molecule has 0 radical (unpaired) electrons. The summed E-state index contributed by atoms with van der Waals surface area (Å²) in [4.78, 5) is 14.0. The molecule has 11 rings (SSSR count). The van der Waals surface area contributed by atoms with E-state index in [4.69, 9.17) is 0 Å². The van der Waals surface area contributed by atoms with Gasteiger partial charge < -0.3 is 4.57 Å². The van der Waals surface area contributed by atoms with E-state index in [-0.39, 0.29) is 5.56 Å². The second-order valence-corrected chi connectivity index (χ2v) is 13.5. The molecule has 0 fully saturated rings. The number of hydrogen-bond acceptors (Lipinski definition) is 2. The summed E-state index contributed by atoms with van der Waals surface area (Å²) in [5.74, 6) is 0. The Morgan fingerprint density at radius 3 is 1.83 bits per heavy atom. The lowest BCUT2D eigenvalue weighted by atomic mass is 9.99. The molecule has 0 aliphatic carbocycles. The van der Waals surface area contributed by atoms with E-state index in [0.29, 0.717) is 0 Å². The van der Waals surface area contributed by atoms with Gasteiger partial charge in [0.25, 0.3) is 5.56 Å². The summed E-state index contributed by atoms with van der Waals surface area (Å²) < 4.78 is 6.89. The first-order valence-electron chi connectivity index (χ1n) is 15.9. The molecule has 4 heteroatoms. The quantitative estimate of drug-likeness (QED) is 0.178. The number of hydrogen-bond donors (Lipinski definition) is 0. The van der Waals surface area contributed by atoms with Crippen molar-refractivity contribution in [2.24, 2.45) is 0 Å². The van der Waals surface area contributed by atoms with E-state index >= 15 is 0 Å². The Kier molecular flexibility index (Phi) is 4.87. The molecule has 0 saturated carbocycles. The van der Waals surface area contributed by atoms with Gasteiger partial charge in [-0.2, -0.15) is 0 Å².